The third-order valence-corrected chi connectivity index (χ3v) is 3.39. The molecule has 0 aliphatic carbocycles. The van der Waals surface area contributed by atoms with Crippen molar-refractivity contribution in [3.8, 4) is 0 Å². The molecule has 0 saturated carbocycles. The van der Waals surface area contributed by atoms with E-state index < -0.39 is 11.7 Å². The Labute approximate surface area is 119 Å². The molecule has 1 aromatic carbocycles. The highest BCUT2D eigenvalue weighted by Gasteiger charge is 2.31. The summed E-state index contributed by atoms with van der Waals surface area (Å²) in [5.74, 6) is -0.270. The Morgan fingerprint density at radius 1 is 1.21 bits per heavy atom. The Balaban J connectivity index is 2.97. The van der Waals surface area contributed by atoms with E-state index in [1.165, 1.54) is 6.07 Å². The van der Waals surface area contributed by atoms with E-state index in [4.69, 9.17) is 0 Å². The molecule has 0 heterocycles. The van der Waals surface area contributed by atoms with Crippen LogP contribution in [0.3, 0.4) is 0 Å². The van der Waals surface area contributed by atoms with E-state index >= 15 is 0 Å². The maximum atomic E-state index is 12.6. The third kappa shape index (κ3) is 4.97. The number of hydrogen-bond acceptors (Lipinski definition) is 1. The molecule has 0 saturated heterocycles. The van der Waals surface area contributed by atoms with E-state index in [2.05, 4.69) is 15.9 Å². The van der Waals surface area contributed by atoms with Crippen LogP contribution in [0.1, 0.15) is 49.5 Å². The van der Waals surface area contributed by atoms with Gasteiger partial charge in [0.05, 0.1) is 5.56 Å². The van der Waals surface area contributed by atoms with Crippen molar-refractivity contribution in [3.63, 3.8) is 0 Å². The first-order valence-electron chi connectivity index (χ1n) is 5.91. The summed E-state index contributed by atoms with van der Waals surface area (Å²) in [6, 6.07) is 3.15. The van der Waals surface area contributed by atoms with E-state index in [0.29, 0.717) is 10.9 Å². The number of carbonyl (C=O) groups is 1. The number of carbonyl (C=O) groups excluding carboxylic acids is 1. The first kappa shape index (κ1) is 16.2. The van der Waals surface area contributed by atoms with Crippen LogP contribution in [-0.2, 0) is 6.18 Å². The predicted molar refractivity (Wildman–Crippen MR) is 72.2 cm³/mol. The summed E-state index contributed by atoms with van der Waals surface area (Å²) < 4.78 is 38.2. The lowest BCUT2D eigenvalue weighted by atomic mass is 9.88. The van der Waals surface area contributed by atoms with Gasteiger partial charge in [0.2, 0.25) is 0 Å². The van der Waals surface area contributed by atoms with E-state index in [0.717, 1.165) is 12.1 Å². The van der Waals surface area contributed by atoms with E-state index in [1.807, 2.05) is 20.8 Å². The Hall–Kier alpha value is -0.840. The minimum Gasteiger partial charge on any atom is -0.294 e. The molecule has 5 heteroatoms. The fourth-order valence-corrected chi connectivity index (χ4v) is 2.01. The highest BCUT2D eigenvalue weighted by Crippen LogP contribution is 2.33. The molecule has 0 aliphatic rings. The molecule has 0 unspecified atom stereocenters. The predicted octanol–water partition coefficient (Wildman–Crippen LogP) is 5.48. The number of alkyl halides is 3. The van der Waals surface area contributed by atoms with Gasteiger partial charge >= 0.3 is 6.18 Å². The zero-order valence-electron chi connectivity index (χ0n) is 11.1. The van der Waals surface area contributed by atoms with Crippen molar-refractivity contribution < 1.29 is 18.0 Å². The van der Waals surface area contributed by atoms with Crippen molar-refractivity contribution in [1.82, 2.24) is 0 Å². The zero-order valence-corrected chi connectivity index (χ0v) is 12.7. The Bertz CT molecular complexity index is 473. The smallest absolute Gasteiger partial charge is 0.294 e. The summed E-state index contributed by atoms with van der Waals surface area (Å²) in [5.41, 5.74) is -0.724. The molecule has 0 radical (unpaired) electrons. The average molecular weight is 337 g/mol. The van der Waals surface area contributed by atoms with Crippen molar-refractivity contribution in [2.45, 2.75) is 39.8 Å². The third-order valence-electron chi connectivity index (χ3n) is 2.70. The summed E-state index contributed by atoms with van der Waals surface area (Å²) >= 11 is 3.13. The lowest BCUT2D eigenvalue weighted by Gasteiger charge is -2.17. The molecule has 0 aromatic heterocycles. The lowest BCUT2D eigenvalue weighted by Crippen LogP contribution is -2.11. The van der Waals surface area contributed by atoms with Crippen molar-refractivity contribution in [2.75, 3.05) is 0 Å². The number of Topliss-reactive ketones (excluding diaryl/α,β-unsaturated/α-hetero) is 1. The molecule has 0 atom stereocenters. The normalized spacial score (nSPS) is 12.6. The van der Waals surface area contributed by atoms with Gasteiger partial charge < -0.3 is 0 Å². The topological polar surface area (TPSA) is 17.1 Å². The van der Waals surface area contributed by atoms with Crippen LogP contribution in [0.15, 0.2) is 22.7 Å². The van der Waals surface area contributed by atoms with Crippen LogP contribution in [0.4, 0.5) is 13.2 Å². The molecular formula is C14H16BrF3O. The van der Waals surface area contributed by atoms with E-state index in [9.17, 15) is 18.0 Å². The summed E-state index contributed by atoms with van der Waals surface area (Å²) in [7, 11) is 0. The molecular weight excluding hydrogens is 321 g/mol. The van der Waals surface area contributed by atoms with Crippen LogP contribution in [0.25, 0.3) is 0 Å². The summed E-state index contributed by atoms with van der Waals surface area (Å²) in [6.07, 6.45) is -3.56. The quantitative estimate of drug-likeness (QED) is 0.668. The second-order valence-corrected chi connectivity index (χ2v) is 6.53. The molecule has 19 heavy (non-hydrogen) atoms. The van der Waals surface area contributed by atoms with Gasteiger partial charge in [-0.3, -0.25) is 4.79 Å². The van der Waals surface area contributed by atoms with Crippen LogP contribution < -0.4 is 0 Å². The average Bonchev–Trinajstić information content (AvgIpc) is 2.24. The number of benzene rings is 1. The van der Waals surface area contributed by atoms with E-state index in [-0.39, 0.29) is 23.2 Å². The van der Waals surface area contributed by atoms with Crippen molar-refractivity contribution in [2.24, 2.45) is 5.41 Å². The highest BCUT2D eigenvalue weighted by molar-refractivity contribution is 9.10. The van der Waals surface area contributed by atoms with Gasteiger partial charge in [0, 0.05) is 16.5 Å². The summed E-state index contributed by atoms with van der Waals surface area (Å²) in [4.78, 5) is 12.0. The van der Waals surface area contributed by atoms with Crippen LogP contribution in [0.2, 0.25) is 0 Å². The number of hydrogen-bond donors (Lipinski definition) is 0. The molecule has 0 fully saturated rings. The molecule has 0 bridgehead atoms. The van der Waals surface area contributed by atoms with Gasteiger partial charge in [0.25, 0.3) is 0 Å². The van der Waals surface area contributed by atoms with Crippen LogP contribution in [0.5, 0.6) is 0 Å². The van der Waals surface area contributed by atoms with Crippen molar-refractivity contribution in [1.29, 1.82) is 0 Å². The molecule has 1 aromatic rings. The van der Waals surface area contributed by atoms with Crippen molar-refractivity contribution >= 4 is 21.7 Å². The van der Waals surface area contributed by atoms with Crippen LogP contribution in [-0.4, -0.2) is 5.78 Å². The molecule has 1 rings (SSSR count). The standard InChI is InChI=1S/C14H16BrF3O/c1-13(2,3)7-6-12(19)10-8-9(14(16,17)18)4-5-11(10)15/h4-5,8H,6-7H2,1-3H3. The van der Waals surface area contributed by atoms with Crippen molar-refractivity contribution in [3.05, 3.63) is 33.8 Å². The largest absolute Gasteiger partial charge is 0.416 e. The maximum absolute atomic E-state index is 12.6. The number of halogens is 4. The number of ketones is 1. The summed E-state index contributed by atoms with van der Waals surface area (Å²) in [5, 5.41) is 0. The fraction of sp³-hybridized carbons (Fsp3) is 0.500. The molecule has 0 amide bonds. The molecule has 0 N–H and O–H groups in total. The first-order chi connectivity index (χ1) is 8.50. The monoisotopic (exact) mass is 336 g/mol. The van der Waals surface area contributed by atoms with Gasteiger partial charge in [-0.25, -0.2) is 0 Å². The fourth-order valence-electron chi connectivity index (χ4n) is 1.54. The van der Waals surface area contributed by atoms with E-state index in [1.54, 1.807) is 0 Å². The Morgan fingerprint density at radius 2 is 1.79 bits per heavy atom. The van der Waals surface area contributed by atoms with Gasteiger partial charge in [-0.2, -0.15) is 13.2 Å². The first-order valence-corrected chi connectivity index (χ1v) is 6.70. The molecule has 0 aliphatic heterocycles. The van der Waals surface area contributed by atoms with Gasteiger partial charge in [-0.1, -0.05) is 36.7 Å². The zero-order chi connectivity index (χ0) is 14.8. The van der Waals surface area contributed by atoms with Gasteiger partial charge in [0.1, 0.15) is 0 Å². The van der Waals surface area contributed by atoms with Crippen LogP contribution in [0, 0.1) is 5.41 Å². The molecule has 106 valence electrons. The van der Waals surface area contributed by atoms with Crippen LogP contribution >= 0.6 is 15.9 Å². The number of rotatable bonds is 3. The lowest BCUT2D eigenvalue weighted by molar-refractivity contribution is -0.137. The van der Waals surface area contributed by atoms with Gasteiger partial charge in [-0.05, 0) is 30.0 Å². The Kier molecular flexibility index (Phi) is 4.82. The second-order valence-electron chi connectivity index (χ2n) is 5.68. The summed E-state index contributed by atoms with van der Waals surface area (Å²) in [6.45, 7) is 5.96. The molecule has 0 spiro atoms. The molecule has 1 nitrogen and oxygen atoms in total. The SMILES string of the molecule is CC(C)(C)CCC(=O)c1cc(C(F)(F)F)ccc1Br. The minimum absolute atomic E-state index is 0.0240. The maximum Gasteiger partial charge on any atom is 0.416 e. The van der Waals surface area contributed by atoms with Gasteiger partial charge in [0.15, 0.2) is 5.78 Å². The highest BCUT2D eigenvalue weighted by atomic mass is 79.9. The van der Waals surface area contributed by atoms with Gasteiger partial charge in [-0.15, -0.1) is 0 Å². The second kappa shape index (κ2) is 5.65. The minimum atomic E-state index is -4.43. The Morgan fingerprint density at radius 3 is 2.26 bits per heavy atom.